The Bertz CT molecular complexity index is 2210. The summed E-state index contributed by atoms with van der Waals surface area (Å²) in [6.45, 7) is 16.7. The van der Waals surface area contributed by atoms with E-state index in [1.165, 1.54) is 41.9 Å². The van der Waals surface area contributed by atoms with Crippen LogP contribution in [0.25, 0.3) is 41.6 Å². The summed E-state index contributed by atoms with van der Waals surface area (Å²) in [6.07, 6.45) is 3.65. The van der Waals surface area contributed by atoms with Crippen molar-refractivity contribution in [2.75, 3.05) is 30.0 Å². The summed E-state index contributed by atoms with van der Waals surface area (Å²) in [6, 6.07) is 17.6. The number of alkyl halides is 1. The van der Waals surface area contributed by atoms with E-state index in [0.717, 1.165) is 75.6 Å². The highest BCUT2D eigenvalue weighted by molar-refractivity contribution is 7.23. The van der Waals surface area contributed by atoms with Gasteiger partial charge in [0, 0.05) is 71.4 Å². The average molecular weight is 840 g/mol. The molecular formula is C40H44Cl2N6O2S4. The fourth-order valence-electron chi connectivity index (χ4n) is 6.49. The molecule has 0 aliphatic carbocycles. The van der Waals surface area contributed by atoms with Gasteiger partial charge >= 0.3 is 0 Å². The second-order valence-corrected chi connectivity index (χ2v) is 18.6. The summed E-state index contributed by atoms with van der Waals surface area (Å²) >= 11 is 16.8. The Morgan fingerprint density at radius 1 is 0.833 bits per heavy atom. The Balaban J connectivity index is 0.000000162. The van der Waals surface area contributed by atoms with Crippen LogP contribution in [0.15, 0.2) is 61.2 Å². The van der Waals surface area contributed by atoms with Crippen molar-refractivity contribution in [1.29, 1.82) is 0 Å². The van der Waals surface area contributed by atoms with E-state index in [-0.39, 0.29) is 17.6 Å². The average Bonchev–Trinajstić information content (AvgIpc) is 3.92. The molecule has 0 saturated carbocycles. The zero-order valence-electron chi connectivity index (χ0n) is 30.8. The molecule has 0 unspecified atom stereocenters. The first-order valence-corrected chi connectivity index (χ1v) is 22.1. The van der Waals surface area contributed by atoms with E-state index in [1.807, 2.05) is 24.3 Å². The number of anilines is 2. The van der Waals surface area contributed by atoms with Crippen LogP contribution in [0.4, 0.5) is 10.0 Å². The normalized spacial score (nSPS) is 14.3. The zero-order chi connectivity index (χ0) is 38.5. The van der Waals surface area contributed by atoms with Gasteiger partial charge < -0.3 is 11.1 Å². The molecule has 284 valence electrons. The van der Waals surface area contributed by atoms with Gasteiger partial charge in [-0.1, -0.05) is 30.8 Å². The van der Waals surface area contributed by atoms with Crippen molar-refractivity contribution in [3.63, 3.8) is 0 Å². The van der Waals surface area contributed by atoms with Crippen LogP contribution in [0.5, 0.6) is 0 Å². The number of halogens is 2. The van der Waals surface area contributed by atoms with Crippen LogP contribution in [-0.2, 0) is 35.5 Å². The van der Waals surface area contributed by atoms with Gasteiger partial charge in [0.15, 0.2) is 0 Å². The lowest BCUT2D eigenvalue weighted by atomic mass is 10.0. The minimum Gasteiger partial charge on any atom is -0.390 e. The van der Waals surface area contributed by atoms with Crippen molar-refractivity contribution in [2.45, 2.75) is 72.1 Å². The van der Waals surface area contributed by atoms with Gasteiger partial charge in [0.2, 0.25) is 11.1 Å². The van der Waals surface area contributed by atoms with Crippen molar-refractivity contribution < 1.29 is 9.59 Å². The number of thiophene rings is 2. The van der Waals surface area contributed by atoms with E-state index >= 15 is 0 Å². The van der Waals surface area contributed by atoms with Gasteiger partial charge in [-0.25, -0.2) is 9.97 Å². The summed E-state index contributed by atoms with van der Waals surface area (Å²) in [5.41, 5.74) is 13.5. The number of amides is 1. The molecule has 0 spiro atoms. The number of nitrogen functional groups attached to an aromatic ring is 1. The quantitative estimate of drug-likeness (QED) is 0.0893. The minimum atomic E-state index is -0.370. The maximum absolute atomic E-state index is 12.0. The van der Waals surface area contributed by atoms with Crippen LogP contribution in [0.3, 0.4) is 0 Å². The molecule has 2 aliphatic rings. The maximum atomic E-state index is 12.0. The number of hydrogen-bond donors (Lipinski definition) is 2. The van der Waals surface area contributed by atoms with Crippen LogP contribution in [0, 0.1) is 0 Å². The molecule has 0 atom stereocenters. The molecule has 0 bridgehead atoms. The molecule has 6 heterocycles. The number of para-hydroxylation sites is 2. The van der Waals surface area contributed by atoms with Crippen molar-refractivity contribution in [3.8, 4) is 21.1 Å². The Labute approximate surface area is 342 Å². The number of nitrogens with one attached hydrogen (secondary N) is 1. The van der Waals surface area contributed by atoms with Crippen molar-refractivity contribution in [2.24, 2.45) is 0 Å². The SMILES string of the molecule is C=CC(=O)Nc1sc2c(c1-c1nc3ccccc3s1)CCN(C(C)C)C2.CC(C)N1CCc2c(sc(N)c2-c2nc3ccccc3s2)C1.O=C(Cl)CCCl. The van der Waals surface area contributed by atoms with E-state index in [2.05, 4.69) is 73.7 Å². The summed E-state index contributed by atoms with van der Waals surface area (Å²) < 4.78 is 2.40. The molecule has 2 aromatic carbocycles. The second-order valence-electron chi connectivity index (χ2n) is 13.5. The third-order valence-corrected chi connectivity index (χ3v) is 14.1. The number of carbonyl (C=O) groups is 2. The largest absolute Gasteiger partial charge is 0.390 e. The molecule has 0 saturated heterocycles. The van der Waals surface area contributed by atoms with Gasteiger partial charge in [-0.15, -0.1) is 56.9 Å². The highest BCUT2D eigenvalue weighted by Crippen LogP contribution is 2.46. The number of benzene rings is 2. The smallest absolute Gasteiger partial charge is 0.248 e. The first-order chi connectivity index (χ1) is 26.0. The highest BCUT2D eigenvalue weighted by Gasteiger charge is 2.29. The molecule has 8 nitrogen and oxygen atoms in total. The standard InChI is InChI=1S/C20H21N3OS2.C17H19N3S2.C3H4Cl2O/c1-4-17(24)22-20-18(19-21-14-7-5-6-8-15(14)25-19)13-9-10-23(12(2)3)11-16(13)26-20;1-10(2)20-8-7-11-14(9-20)21-16(18)15(11)17-19-12-5-3-4-6-13(12)22-17;4-2-1-3(5)6/h4-8,12H,1,9-11H2,2-3H3,(H,22,24);3-6,10H,7-9,18H2,1-2H3;1-2H2. The lowest BCUT2D eigenvalue weighted by Gasteiger charge is -2.30. The molecule has 4 aromatic heterocycles. The topological polar surface area (TPSA) is 104 Å². The number of rotatable bonds is 8. The summed E-state index contributed by atoms with van der Waals surface area (Å²) in [5, 5.41) is 6.53. The molecule has 54 heavy (non-hydrogen) atoms. The first kappa shape index (κ1) is 40.5. The zero-order valence-corrected chi connectivity index (χ0v) is 35.6. The third-order valence-electron chi connectivity index (χ3n) is 9.39. The lowest BCUT2D eigenvalue weighted by molar-refractivity contribution is -0.112. The molecular weight excluding hydrogens is 796 g/mol. The van der Waals surface area contributed by atoms with Gasteiger partial charge in [0.25, 0.3) is 0 Å². The predicted molar refractivity (Wildman–Crippen MR) is 234 cm³/mol. The van der Waals surface area contributed by atoms with E-state index in [4.69, 9.17) is 38.9 Å². The van der Waals surface area contributed by atoms with Gasteiger partial charge in [-0.2, -0.15) is 0 Å². The van der Waals surface area contributed by atoms with Crippen LogP contribution in [0.1, 0.15) is 55.0 Å². The molecule has 2 aliphatic heterocycles. The first-order valence-electron chi connectivity index (χ1n) is 17.9. The van der Waals surface area contributed by atoms with E-state index in [0.29, 0.717) is 18.0 Å². The van der Waals surface area contributed by atoms with Gasteiger partial charge in [-0.05, 0) is 93.6 Å². The second kappa shape index (κ2) is 18.2. The number of thiazole rings is 2. The molecule has 0 fully saturated rings. The number of aromatic nitrogens is 2. The van der Waals surface area contributed by atoms with Crippen LogP contribution < -0.4 is 11.1 Å². The van der Waals surface area contributed by atoms with E-state index in [9.17, 15) is 9.59 Å². The molecule has 1 amide bonds. The van der Waals surface area contributed by atoms with Crippen molar-refractivity contribution in [3.05, 3.63) is 82.1 Å². The summed E-state index contributed by atoms with van der Waals surface area (Å²) in [7, 11) is 0. The number of hydrogen-bond acceptors (Lipinski definition) is 11. The lowest BCUT2D eigenvalue weighted by Crippen LogP contribution is -2.35. The molecule has 14 heteroatoms. The number of carbonyl (C=O) groups excluding carboxylic acids is 2. The van der Waals surface area contributed by atoms with Gasteiger partial charge in [-0.3, -0.25) is 19.4 Å². The summed E-state index contributed by atoms with van der Waals surface area (Å²) in [5.74, 6) is 0.147. The summed E-state index contributed by atoms with van der Waals surface area (Å²) in [4.78, 5) is 39.1. The monoisotopic (exact) mass is 838 g/mol. The molecule has 8 rings (SSSR count). The Morgan fingerprint density at radius 2 is 1.33 bits per heavy atom. The highest BCUT2D eigenvalue weighted by atomic mass is 35.5. The fourth-order valence-corrected chi connectivity index (χ4v) is 11.5. The van der Waals surface area contributed by atoms with E-state index < -0.39 is 0 Å². The van der Waals surface area contributed by atoms with Gasteiger partial charge in [0.05, 0.1) is 25.4 Å². The molecule has 0 radical (unpaired) electrons. The third kappa shape index (κ3) is 9.25. The number of nitrogens with zero attached hydrogens (tertiary/aromatic N) is 4. The fraction of sp³-hybridized carbons (Fsp3) is 0.350. The minimum absolute atomic E-state index is 0.174. The van der Waals surface area contributed by atoms with Crippen molar-refractivity contribution >= 4 is 110 Å². The van der Waals surface area contributed by atoms with Crippen LogP contribution in [-0.4, -0.2) is 62.0 Å². The van der Waals surface area contributed by atoms with Crippen LogP contribution in [0.2, 0.25) is 0 Å². The number of fused-ring (bicyclic) bond motifs is 4. The van der Waals surface area contributed by atoms with Crippen molar-refractivity contribution in [1.82, 2.24) is 19.8 Å². The molecule has 3 N–H and O–H groups in total. The molecule has 6 aromatic rings. The maximum Gasteiger partial charge on any atom is 0.248 e. The number of nitrogens with two attached hydrogens (primary N) is 1. The predicted octanol–water partition coefficient (Wildman–Crippen LogP) is 10.7. The van der Waals surface area contributed by atoms with E-state index in [1.54, 1.807) is 45.3 Å². The Hall–Kier alpha value is -3.20. The van der Waals surface area contributed by atoms with Crippen LogP contribution >= 0.6 is 68.5 Å². The van der Waals surface area contributed by atoms with Gasteiger partial charge in [0.1, 0.15) is 15.0 Å². The Kier molecular flexibility index (Phi) is 13.6. The Morgan fingerprint density at radius 3 is 1.80 bits per heavy atom.